The lowest BCUT2D eigenvalue weighted by molar-refractivity contribution is 0.111. The summed E-state index contributed by atoms with van der Waals surface area (Å²) in [5, 5.41) is 8.25. The van der Waals surface area contributed by atoms with Crippen LogP contribution in [0.1, 0.15) is 17.4 Å². The largest absolute Gasteiger partial charge is 0.492 e. The Balaban J connectivity index is 2.32. The minimum absolute atomic E-state index is 0.302. The van der Waals surface area contributed by atoms with Crippen LogP contribution in [0.2, 0.25) is 5.02 Å². The summed E-state index contributed by atoms with van der Waals surface area (Å²) < 4.78 is 5.35. The van der Waals surface area contributed by atoms with Crippen molar-refractivity contribution in [3.8, 4) is 17.0 Å². The summed E-state index contributed by atoms with van der Waals surface area (Å²) in [4.78, 5) is 10.5. The molecular formula is C13H11ClN2O2. The fourth-order valence-corrected chi connectivity index (χ4v) is 1.73. The summed E-state index contributed by atoms with van der Waals surface area (Å²) in [6.07, 6.45) is 0.655. The minimum Gasteiger partial charge on any atom is -0.492 e. The van der Waals surface area contributed by atoms with Crippen LogP contribution in [0.4, 0.5) is 0 Å². The highest BCUT2D eigenvalue weighted by atomic mass is 35.5. The molecule has 0 atom stereocenters. The first-order chi connectivity index (χ1) is 8.74. The number of hydrogen-bond acceptors (Lipinski definition) is 4. The lowest BCUT2D eigenvalue weighted by Gasteiger charge is -2.07. The zero-order valence-electron chi connectivity index (χ0n) is 9.76. The Labute approximate surface area is 110 Å². The van der Waals surface area contributed by atoms with E-state index in [1.807, 2.05) is 13.0 Å². The van der Waals surface area contributed by atoms with E-state index >= 15 is 0 Å². The third kappa shape index (κ3) is 2.65. The molecule has 0 unspecified atom stereocenters. The normalized spacial score (nSPS) is 10.1. The van der Waals surface area contributed by atoms with Gasteiger partial charge in [0.05, 0.1) is 17.3 Å². The lowest BCUT2D eigenvalue weighted by atomic mass is 10.1. The zero-order chi connectivity index (χ0) is 13.0. The molecule has 0 aliphatic carbocycles. The fourth-order valence-electron chi connectivity index (χ4n) is 1.49. The molecule has 0 aliphatic rings. The van der Waals surface area contributed by atoms with E-state index in [9.17, 15) is 4.79 Å². The predicted octanol–water partition coefficient (Wildman–Crippen LogP) is 3.01. The minimum atomic E-state index is 0.302. The molecule has 0 saturated heterocycles. The maximum absolute atomic E-state index is 10.5. The molecule has 0 fully saturated rings. The molecule has 0 spiro atoms. The molecule has 1 aromatic carbocycles. The number of halogens is 1. The zero-order valence-corrected chi connectivity index (χ0v) is 10.5. The van der Waals surface area contributed by atoms with Gasteiger partial charge in [-0.05, 0) is 37.3 Å². The molecule has 92 valence electrons. The maximum Gasteiger partial charge on any atom is 0.170 e. The van der Waals surface area contributed by atoms with Gasteiger partial charge in [-0.3, -0.25) is 4.79 Å². The second-order valence-corrected chi connectivity index (χ2v) is 3.95. The Hall–Kier alpha value is -1.94. The number of nitrogens with zero attached hydrogens (tertiary/aromatic N) is 2. The van der Waals surface area contributed by atoms with Crippen LogP contribution in [0.25, 0.3) is 11.3 Å². The van der Waals surface area contributed by atoms with Crippen molar-refractivity contribution < 1.29 is 9.53 Å². The molecule has 0 N–H and O–H groups in total. The van der Waals surface area contributed by atoms with E-state index in [2.05, 4.69) is 10.2 Å². The van der Waals surface area contributed by atoms with E-state index in [-0.39, 0.29) is 0 Å². The summed E-state index contributed by atoms with van der Waals surface area (Å²) in [6, 6.07) is 8.73. The van der Waals surface area contributed by atoms with Crippen LogP contribution in [-0.4, -0.2) is 23.1 Å². The SMILES string of the molecule is CCOc1ccc(-c2ccc(C=O)nn2)cc1Cl. The van der Waals surface area contributed by atoms with Gasteiger partial charge in [0.25, 0.3) is 0 Å². The van der Waals surface area contributed by atoms with Gasteiger partial charge in [0.1, 0.15) is 11.4 Å². The van der Waals surface area contributed by atoms with Crippen molar-refractivity contribution in [3.63, 3.8) is 0 Å². The highest BCUT2D eigenvalue weighted by molar-refractivity contribution is 6.32. The van der Waals surface area contributed by atoms with E-state index in [0.29, 0.717) is 35.1 Å². The van der Waals surface area contributed by atoms with Gasteiger partial charge in [-0.2, -0.15) is 0 Å². The van der Waals surface area contributed by atoms with Gasteiger partial charge in [-0.25, -0.2) is 0 Å². The Kier molecular flexibility index (Phi) is 3.89. The molecular weight excluding hydrogens is 252 g/mol. The first-order valence-corrected chi connectivity index (χ1v) is 5.84. The molecule has 2 rings (SSSR count). The third-order valence-corrected chi connectivity index (χ3v) is 2.63. The second-order valence-electron chi connectivity index (χ2n) is 3.54. The van der Waals surface area contributed by atoms with Crippen LogP contribution in [0.3, 0.4) is 0 Å². The van der Waals surface area contributed by atoms with Crippen molar-refractivity contribution in [2.24, 2.45) is 0 Å². The quantitative estimate of drug-likeness (QED) is 0.795. The number of rotatable bonds is 4. The average Bonchev–Trinajstić information content (AvgIpc) is 2.41. The highest BCUT2D eigenvalue weighted by Crippen LogP contribution is 2.29. The van der Waals surface area contributed by atoms with Gasteiger partial charge >= 0.3 is 0 Å². The molecule has 5 heteroatoms. The average molecular weight is 263 g/mol. The molecule has 0 radical (unpaired) electrons. The highest BCUT2D eigenvalue weighted by Gasteiger charge is 2.06. The Morgan fingerprint density at radius 2 is 2.11 bits per heavy atom. The van der Waals surface area contributed by atoms with Gasteiger partial charge in [-0.1, -0.05) is 11.6 Å². The van der Waals surface area contributed by atoms with Crippen LogP contribution in [-0.2, 0) is 0 Å². The van der Waals surface area contributed by atoms with E-state index < -0.39 is 0 Å². The molecule has 18 heavy (non-hydrogen) atoms. The molecule has 1 heterocycles. The van der Waals surface area contributed by atoms with Gasteiger partial charge in [0.15, 0.2) is 6.29 Å². The van der Waals surface area contributed by atoms with E-state index in [4.69, 9.17) is 16.3 Å². The van der Waals surface area contributed by atoms with Gasteiger partial charge < -0.3 is 4.74 Å². The van der Waals surface area contributed by atoms with Crippen molar-refractivity contribution >= 4 is 17.9 Å². The number of benzene rings is 1. The fraction of sp³-hybridized carbons (Fsp3) is 0.154. The Bertz CT molecular complexity index is 555. The second kappa shape index (κ2) is 5.60. The van der Waals surface area contributed by atoms with E-state index in [1.165, 1.54) is 0 Å². The predicted molar refractivity (Wildman–Crippen MR) is 69.0 cm³/mol. The van der Waals surface area contributed by atoms with Crippen molar-refractivity contribution in [1.29, 1.82) is 0 Å². The van der Waals surface area contributed by atoms with E-state index in [0.717, 1.165) is 5.56 Å². The molecule has 0 bridgehead atoms. The van der Waals surface area contributed by atoms with Crippen LogP contribution < -0.4 is 4.74 Å². The van der Waals surface area contributed by atoms with Crippen LogP contribution in [0, 0.1) is 0 Å². The van der Waals surface area contributed by atoms with Crippen molar-refractivity contribution in [1.82, 2.24) is 10.2 Å². The summed E-state index contributed by atoms with van der Waals surface area (Å²) >= 11 is 6.09. The van der Waals surface area contributed by atoms with Gasteiger partial charge in [0.2, 0.25) is 0 Å². The first kappa shape index (κ1) is 12.5. The summed E-state index contributed by atoms with van der Waals surface area (Å²) in [5.74, 6) is 0.639. The maximum atomic E-state index is 10.5. The lowest BCUT2D eigenvalue weighted by Crippen LogP contribution is -1.94. The summed E-state index contributed by atoms with van der Waals surface area (Å²) in [5.41, 5.74) is 1.79. The third-order valence-electron chi connectivity index (χ3n) is 2.33. The van der Waals surface area contributed by atoms with Crippen molar-refractivity contribution in [2.75, 3.05) is 6.61 Å². The number of hydrogen-bond donors (Lipinski definition) is 0. The Morgan fingerprint density at radius 3 is 2.67 bits per heavy atom. The Morgan fingerprint density at radius 1 is 1.28 bits per heavy atom. The standard InChI is InChI=1S/C13H11ClN2O2/c1-2-18-13-6-3-9(7-11(13)14)12-5-4-10(8-17)15-16-12/h3-8H,2H2,1H3. The monoisotopic (exact) mass is 262 g/mol. The molecule has 0 saturated carbocycles. The summed E-state index contributed by atoms with van der Waals surface area (Å²) in [7, 11) is 0. The van der Waals surface area contributed by atoms with Crippen LogP contribution in [0.5, 0.6) is 5.75 Å². The van der Waals surface area contributed by atoms with Crippen molar-refractivity contribution in [3.05, 3.63) is 41.0 Å². The number of carbonyl (C=O) groups is 1. The van der Waals surface area contributed by atoms with Gasteiger partial charge in [-0.15, -0.1) is 10.2 Å². The topological polar surface area (TPSA) is 52.1 Å². The number of aldehydes is 1. The molecule has 0 aliphatic heterocycles. The van der Waals surface area contributed by atoms with E-state index in [1.54, 1.807) is 24.3 Å². The molecule has 4 nitrogen and oxygen atoms in total. The van der Waals surface area contributed by atoms with Crippen molar-refractivity contribution in [2.45, 2.75) is 6.92 Å². The number of aromatic nitrogens is 2. The van der Waals surface area contributed by atoms with Gasteiger partial charge in [0, 0.05) is 5.56 Å². The molecule has 0 amide bonds. The molecule has 1 aromatic heterocycles. The first-order valence-electron chi connectivity index (χ1n) is 5.46. The number of carbonyl (C=O) groups excluding carboxylic acids is 1. The number of ether oxygens (including phenoxy) is 1. The molecule has 2 aromatic rings. The van der Waals surface area contributed by atoms with Crippen LogP contribution >= 0.6 is 11.6 Å². The summed E-state index contributed by atoms with van der Waals surface area (Å²) in [6.45, 7) is 2.46. The van der Waals surface area contributed by atoms with Crippen LogP contribution in [0.15, 0.2) is 30.3 Å². The smallest absolute Gasteiger partial charge is 0.170 e.